The van der Waals surface area contributed by atoms with Gasteiger partial charge in [-0.1, -0.05) is 23.2 Å². The number of amides is 1. The summed E-state index contributed by atoms with van der Waals surface area (Å²) in [6.07, 6.45) is -4.70. The average Bonchev–Trinajstić information content (AvgIpc) is 2.80. The predicted octanol–water partition coefficient (Wildman–Crippen LogP) is 3.31. The molecule has 1 amide bonds. The molecule has 1 N–H and O–H groups in total. The third kappa shape index (κ3) is 4.59. The van der Waals surface area contributed by atoms with Gasteiger partial charge in [-0.15, -0.1) is 0 Å². The molecule has 0 bridgehead atoms. The van der Waals surface area contributed by atoms with Crippen molar-refractivity contribution in [1.82, 2.24) is 14.1 Å². The Morgan fingerprint density at radius 2 is 1.93 bits per heavy atom. The lowest BCUT2D eigenvalue weighted by molar-refractivity contribution is -0.137. The summed E-state index contributed by atoms with van der Waals surface area (Å²) in [6.45, 7) is 0.788. The summed E-state index contributed by atoms with van der Waals surface area (Å²) >= 11 is 11.5. The fourth-order valence-corrected chi connectivity index (χ4v) is 4.42. The SMILES string of the molecule is Cc1nn(C)c(Cl)c1S(=O)(=O)N(C)CC(=O)Nc1ccc(Cl)c(C(F)(F)F)c1. The van der Waals surface area contributed by atoms with E-state index in [-0.39, 0.29) is 21.4 Å². The summed E-state index contributed by atoms with van der Waals surface area (Å²) in [6, 6.07) is 2.82. The quantitative estimate of drug-likeness (QED) is 0.744. The fraction of sp³-hybridized carbons (Fsp3) is 0.333. The van der Waals surface area contributed by atoms with Crippen molar-refractivity contribution >= 4 is 44.8 Å². The Bertz CT molecular complexity index is 1020. The number of carbonyl (C=O) groups excluding carboxylic acids is 1. The Labute approximate surface area is 169 Å². The first-order valence-electron chi connectivity index (χ1n) is 7.57. The second-order valence-electron chi connectivity index (χ2n) is 5.83. The zero-order chi connectivity index (χ0) is 21.4. The molecule has 0 aliphatic rings. The summed E-state index contributed by atoms with van der Waals surface area (Å²) < 4.78 is 65.9. The van der Waals surface area contributed by atoms with Crippen LogP contribution >= 0.6 is 23.2 Å². The van der Waals surface area contributed by atoms with Crippen LogP contribution in [-0.2, 0) is 28.0 Å². The first kappa shape index (κ1) is 22.5. The van der Waals surface area contributed by atoms with Crippen LogP contribution in [0, 0.1) is 6.92 Å². The van der Waals surface area contributed by atoms with E-state index >= 15 is 0 Å². The third-order valence-electron chi connectivity index (χ3n) is 3.69. The minimum atomic E-state index is -4.70. The number of likely N-dealkylation sites (N-methyl/N-ethyl adjacent to an activating group) is 1. The van der Waals surface area contributed by atoms with E-state index in [0.29, 0.717) is 6.07 Å². The number of sulfonamides is 1. The highest BCUT2D eigenvalue weighted by Gasteiger charge is 2.34. The third-order valence-corrected chi connectivity index (χ3v) is 6.52. The normalized spacial score (nSPS) is 12.5. The second kappa shape index (κ2) is 7.90. The highest BCUT2D eigenvalue weighted by atomic mass is 35.5. The van der Waals surface area contributed by atoms with Gasteiger partial charge in [-0.2, -0.15) is 22.6 Å². The van der Waals surface area contributed by atoms with Gasteiger partial charge in [0.1, 0.15) is 10.0 Å². The van der Waals surface area contributed by atoms with Crippen LogP contribution in [0.15, 0.2) is 23.1 Å². The van der Waals surface area contributed by atoms with Crippen molar-refractivity contribution in [2.75, 3.05) is 18.9 Å². The van der Waals surface area contributed by atoms with Gasteiger partial charge in [0, 0.05) is 19.8 Å². The zero-order valence-corrected chi connectivity index (χ0v) is 17.1. The number of nitrogens with zero attached hydrogens (tertiary/aromatic N) is 3. The number of aromatic nitrogens is 2. The standard InChI is InChI=1S/C15H15Cl2F3N4O3S/c1-8-13(14(17)24(3)22-8)28(26,27)23(2)7-12(25)21-9-4-5-11(16)10(6-9)15(18,19)20/h4-6H,7H2,1-3H3,(H,21,25). The molecule has 0 aliphatic carbocycles. The molecule has 7 nitrogen and oxygen atoms in total. The van der Waals surface area contributed by atoms with Crippen molar-refractivity contribution < 1.29 is 26.4 Å². The number of nitrogens with one attached hydrogen (secondary N) is 1. The van der Waals surface area contributed by atoms with E-state index in [1.165, 1.54) is 24.7 Å². The van der Waals surface area contributed by atoms with Crippen molar-refractivity contribution in [2.24, 2.45) is 7.05 Å². The van der Waals surface area contributed by atoms with E-state index in [1.54, 1.807) is 0 Å². The average molecular weight is 459 g/mol. The molecule has 2 rings (SSSR count). The Morgan fingerprint density at radius 1 is 1.32 bits per heavy atom. The first-order chi connectivity index (χ1) is 12.7. The molecule has 0 saturated heterocycles. The van der Waals surface area contributed by atoms with E-state index in [4.69, 9.17) is 23.2 Å². The molecule has 0 saturated carbocycles. The summed E-state index contributed by atoms with van der Waals surface area (Å²) in [5, 5.41) is 5.47. The van der Waals surface area contributed by atoms with Gasteiger partial charge in [-0.3, -0.25) is 9.48 Å². The smallest absolute Gasteiger partial charge is 0.325 e. The second-order valence-corrected chi connectivity index (χ2v) is 8.58. The summed E-state index contributed by atoms with van der Waals surface area (Å²) in [5.74, 6) is -0.848. The maximum absolute atomic E-state index is 12.9. The Kier molecular flexibility index (Phi) is 6.34. The highest BCUT2D eigenvalue weighted by molar-refractivity contribution is 7.89. The molecule has 0 radical (unpaired) electrons. The van der Waals surface area contributed by atoms with Crippen molar-refractivity contribution in [1.29, 1.82) is 0 Å². The number of hydrogen-bond donors (Lipinski definition) is 1. The van der Waals surface area contributed by atoms with Gasteiger partial charge in [0.2, 0.25) is 15.9 Å². The van der Waals surface area contributed by atoms with Crippen molar-refractivity contribution in [3.63, 3.8) is 0 Å². The number of benzene rings is 1. The predicted molar refractivity (Wildman–Crippen MR) is 97.9 cm³/mol. The van der Waals surface area contributed by atoms with Crippen LogP contribution in [0.4, 0.5) is 18.9 Å². The topological polar surface area (TPSA) is 84.3 Å². The Balaban J connectivity index is 2.19. The van der Waals surface area contributed by atoms with Gasteiger partial charge in [0.05, 0.1) is 22.8 Å². The van der Waals surface area contributed by atoms with Crippen LogP contribution in [0.1, 0.15) is 11.3 Å². The number of alkyl halides is 3. The van der Waals surface area contributed by atoms with Gasteiger partial charge >= 0.3 is 6.18 Å². The van der Waals surface area contributed by atoms with Crippen molar-refractivity contribution in [3.05, 3.63) is 39.6 Å². The maximum atomic E-state index is 12.9. The molecule has 0 aliphatic heterocycles. The number of hydrogen-bond acceptors (Lipinski definition) is 4. The molecular formula is C15H15Cl2F3N4O3S. The van der Waals surface area contributed by atoms with Crippen LogP contribution in [0.5, 0.6) is 0 Å². The molecule has 13 heteroatoms. The summed E-state index contributed by atoms with van der Waals surface area (Å²) in [7, 11) is -1.55. The van der Waals surface area contributed by atoms with Gasteiger partial charge in [0.25, 0.3) is 0 Å². The van der Waals surface area contributed by atoms with Crippen LogP contribution in [0.2, 0.25) is 10.2 Å². The van der Waals surface area contributed by atoms with Gasteiger partial charge < -0.3 is 5.32 Å². The molecule has 1 aromatic carbocycles. The molecule has 28 heavy (non-hydrogen) atoms. The Hall–Kier alpha value is -1.82. The van der Waals surface area contributed by atoms with Gasteiger partial charge in [-0.25, -0.2) is 8.42 Å². The molecule has 0 fully saturated rings. The van der Waals surface area contributed by atoms with Crippen LogP contribution < -0.4 is 5.32 Å². The molecule has 1 heterocycles. The number of rotatable bonds is 5. The monoisotopic (exact) mass is 458 g/mol. The molecule has 0 unspecified atom stereocenters. The lowest BCUT2D eigenvalue weighted by atomic mass is 10.2. The van der Waals surface area contributed by atoms with Crippen LogP contribution in [0.25, 0.3) is 0 Å². The lowest BCUT2D eigenvalue weighted by Gasteiger charge is -2.17. The molecule has 2 aromatic rings. The van der Waals surface area contributed by atoms with Crippen molar-refractivity contribution in [2.45, 2.75) is 18.0 Å². The first-order valence-corrected chi connectivity index (χ1v) is 9.76. The molecule has 154 valence electrons. The van der Waals surface area contributed by atoms with E-state index in [1.807, 2.05) is 0 Å². The lowest BCUT2D eigenvalue weighted by Crippen LogP contribution is -2.35. The van der Waals surface area contributed by atoms with E-state index in [2.05, 4.69) is 10.4 Å². The fourth-order valence-electron chi connectivity index (χ4n) is 2.37. The number of carbonyl (C=O) groups is 1. The van der Waals surface area contributed by atoms with Gasteiger partial charge in [-0.05, 0) is 25.1 Å². The number of halogens is 5. The summed E-state index contributed by atoms with van der Waals surface area (Å²) in [5.41, 5.74) is -1.15. The maximum Gasteiger partial charge on any atom is 0.417 e. The Morgan fingerprint density at radius 3 is 2.43 bits per heavy atom. The molecule has 0 atom stereocenters. The molecular weight excluding hydrogens is 444 g/mol. The highest BCUT2D eigenvalue weighted by Crippen LogP contribution is 2.36. The number of aryl methyl sites for hydroxylation is 2. The molecule has 0 spiro atoms. The van der Waals surface area contributed by atoms with E-state index in [0.717, 1.165) is 17.4 Å². The number of anilines is 1. The van der Waals surface area contributed by atoms with Crippen LogP contribution in [-0.4, -0.2) is 42.0 Å². The van der Waals surface area contributed by atoms with Crippen LogP contribution in [0.3, 0.4) is 0 Å². The van der Waals surface area contributed by atoms with Gasteiger partial charge in [0.15, 0.2) is 0 Å². The minimum Gasteiger partial charge on any atom is -0.325 e. The van der Waals surface area contributed by atoms with Crippen molar-refractivity contribution in [3.8, 4) is 0 Å². The van der Waals surface area contributed by atoms with E-state index < -0.39 is 39.2 Å². The van der Waals surface area contributed by atoms with E-state index in [9.17, 15) is 26.4 Å². The minimum absolute atomic E-state index is 0.128. The molecule has 1 aromatic heterocycles. The summed E-state index contributed by atoms with van der Waals surface area (Å²) in [4.78, 5) is 11.9. The zero-order valence-electron chi connectivity index (χ0n) is 14.8. The largest absolute Gasteiger partial charge is 0.417 e.